The molecule has 0 aliphatic carbocycles. The number of fused-ring (bicyclic) bond motifs is 1. The van der Waals surface area contributed by atoms with E-state index in [9.17, 15) is 26.4 Å². The van der Waals surface area contributed by atoms with E-state index in [0.717, 1.165) is 24.3 Å². The molecule has 13 heteroatoms. The van der Waals surface area contributed by atoms with Crippen molar-refractivity contribution in [3.8, 4) is 11.4 Å². The van der Waals surface area contributed by atoms with Crippen molar-refractivity contribution in [1.82, 2.24) is 14.5 Å². The van der Waals surface area contributed by atoms with Gasteiger partial charge in [0.25, 0.3) is 10.0 Å². The van der Waals surface area contributed by atoms with Crippen molar-refractivity contribution in [2.24, 2.45) is 0 Å². The van der Waals surface area contributed by atoms with E-state index in [1.165, 1.54) is 30.7 Å². The topological polar surface area (TPSA) is 129 Å². The van der Waals surface area contributed by atoms with Crippen LogP contribution in [0.3, 0.4) is 0 Å². The highest BCUT2D eigenvalue weighted by molar-refractivity contribution is 7.92. The summed E-state index contributed by atoms with van der Waals surface area (Å²) < 4.78 is 70.1. The van der Waals surface area contributed by atoms with Gasteiger partial charge in [0, 0.05) is 29.7 Å². The fourth-order valence-corrected chi connectivity index (χ4v) is 4.15. The largest absolute Gasteiger partial charge is 0.573 e. The maximum atomic E-state index is 12.6. The molecule has 0 aliphatic rings. The maximum Gasteiger partial charge on any atom is 0.573 e. The van der Waals surface area contributed by atoms with Crippen LogP contribution < -0.4 is 20.6 Å². The molecule has 2 aromatic carbocycles. The fraction of sp³-hybridized carbons (Fsp3) is 0.0500. The molecule has 0 spiro atoms. The molecule has 170 valence electrons. The van der Waals surface area contributed by atoms with Crippen LogP contribution in [0.2, 0.25) is 0 Å². The van der Waals surface area contributed by atoms with Crippen LogP contribution in [0, 0.1) is 0 Å². The van der Waals surface area contributed by atoms with Gasteiger partial charge < -0.3 is 15.0 Å². The molecule has 0 bridgehead atoms. The lowest BCUT2D eigenvalue weighted by atomic mass is 10.2. The van der Waals surface area contributed by atoms with Crippen LogP contribution in [0.15, 0.2) is 76.8 Å². The number of hydrogen-bond acceptors (Lipinski definition) is 7. The Morgan fingerprint density at radius 1 is 1.03 bits per heavy atom. The number of ether oxygens (including phenoxy) is 1. The minimum Gasteiger partial charge on any atom is -0.406 e. The monoisotopic (exact) mass is 477 g/mol. The van der Waals surface area contributed by atoms with E-state index in [2.05, 4.69) is 19.4 Å². The van der Waals surface area contributed by atoms with E-state index >= 15 is 0 Å². The molecule has 0 saturated carbocycles. The van der Waals surface area contributed by atoms with Crippen LogP contribution >= 0.6 is 0 Å². The smallest absolute Gasteiger partial charge is 0.406 e. The van der Waals surface area contributed by atoms with Crippen molar-refractivity contribution in [3.05, 3.63) is 77.3 Å². The lowest BCUT2D eigenvalue weighted by Gasteiger charge is -2.13. The zero-order valence-electron chi connectivity index (χ0n) is 16.4. The molecule has 0 amide bonds. The summed E-state index contributed by atoms with van der Waals surface area (Å²) >= 11 is 0. The van der Waals surface area contributed by atoms with Gasteiger partial charge in [-0.25, -0.2) is 18.4 Å². The predicted molar refractivity (Wildman–Crippen MR) is 113 cm³/mol. The molecule has 3 N–H and O–H groups in total. The first-order valence-electron chi connectivity index (χ1n) is 9.14. The second-order valence-corrected chi connectivity index (χ2v) is 8.36. The summed E-state index contributed by atoms with van der Waals surface area (Å²) in [4.78, 5) is 19.6. The molecule has 0 saturated heterocycles. The molecule has 0 unspecified atom stereocenters. The molecule has 0 fully saturated rings. The molecule has 0 atom stereocenters. The summed E-state index contributed by atoms with van der Waals surface area (Å²) in [6.07, 6.45) is -2.25. The Hall–Kier alpha value is -4.13. The van der Waals surface area contributed by atoms with Crippen molar-refractivity contribution < 1.29 is 26.3 Å². The van der Waals surface area contributed by atoms with Gasteiger partial charge in [0.2, 0.25) is 0 Å². The zero-order chi connectivity index (χ0) is 23.8. The molecular weight excluding hydrogens is 463 g/mol. The number of rotatable bonds is 5. The van der Waals surface area contributed by atoms with E-state index < -0.39 is 27.0 Å². The third-order valence-corrected chi connectivity index (χ3v) is 5.83. The number of alkyl halides is 3. The predicted octanol–water partition coefficient (Wildman–Crippen LogP) is 3.06. The van der Waals surface area contributed by atoms with Crippen molar-refractivity contribution in [1.29, 1.82) is 0 Å². The van der Waals surface area contributed by atoms with Crippen LogP contribution in [-0.4, -0.2) is 29.3 Å². The normalized spacial score (nSPS) is 12.0. The highest BCUT2D eigenvalue weighted by atomic mass is 32.2. The average molecular weight is 477 g/mol. The minimum atomic E-state index is -4.95. The van der Waals surface area contributed by atoms with Gasteiger partial charge in [-0.2, -0.15) is 0 Å². The van der Waals surface area contributed by atoms with Gasteiger partial charge in [0.05, 0.1) is 4.90 Å². The highest BCUT2D eigenvalue weighted by Crippen LogP contribution is 2.26. The Kier molecular flexibility index (Phi) is 5.41. The first-order valence-corrected chi connectivity index (χ1v) is 10.6. The first-order chi connectivity index (χ1) is 15.5. The summed E-state index contributed by atoms with van der Waals surface area (Å²) in [5.41, 5.74) is 6.40. The Labute approximate surface area is 184 Å². The number of anilines is 2. The third kappa shape index (κ3) is 4.72. The Morgan fingerprint density at radius 3 is 2.45 bits per heavy atom. The van der Waals surface area contributed by atoms with Crippen LogP contribution in [0.4, 0.5) is 24.7 Å². The fourth-order valence-electron chi connectivity index (χ4n) is 3.06. The third-order valence-electron chi connectivity index (χ3n) is 4.45. The molecule has 2 heterocycles. The number of hydrogen-bond donors (Lipinski definition) is 2. The number of halogens is 3. The molecule has 4 rings (SSSR count). The first kappa shape index (κ1) is 22.1. The summed E-state index contributed by atoms with van der Waals surface area (Å²) in [7, 11) is -4.20. The Morgan fingerprint density at radius 2 is 1.76 bits per heavy atom. The van der Waals surface area contributed by atoms with Crippen molar-refractivity contribution in [2.45, 2.75) is 11.3 Å². The molecule has 0 radical (unpaired) electrons. The van der Waals surface area contributed by atoms with Crippen LogP contribution in [0.1, 0.15) is 0 Å². The van der Waals surface area contributed by atoms with Crippen LogP contribution in [-0.2, 0) is 10.0 Å². The van der Waals surface area contributed by atoms with Crippen molar-refractivity contribution >= 4 is 32.6 Å². The van der Waals surface area contributed by atoms with Crippen LogP contribution in [0.25, 0.3) is 16.7 Å². The molecule has 2 aromatic heterocycles. The number of aromatic nitrogens is 3. The number of nitrogens with two attached hydrogens (primary N) is 1. The second kappa shape index (κ2) is 8.09. The number of nitrogen functional groups attached to an aromatic ring is 1. The summed E-state index contributed by atoms with van der Waals surface area (Å²) in [5.74, 6) is -0.632. The van der Waals surface area contributed by atoms with Gasteiger partial charge >= 0.3 is 6.36 Å². The summed E-state index contributed by atoms with van der Waals surface area (Å²) in [5, 5.41) is 0.144. The van der Waals surface area contributed by atoms with E-state index in [0.29, 0.717) is 5.69 Å². The minimum absolute atomic E-state index is 0.0282. The van der Waals surface area contributed by atoms with Gasteiger partial charge in [-0.3, -0.25) is 9.52 Å². The number of nitrogens with one attached hydrogen (secondary N) is 1. The standard InChI is InChI=1S/C20H14F3N5O4S/c21-20(22,23)32-14-2-1-3-15(10-14)33(30,31)27-12-4-6-13(7-5-12)28-9-8-16(29)17-18(24)25-11-26-19(17)28/h1-11,27H,(H2,24,25,26). The number of benzene rings is 2. The van der Waals surface area contributed by atoms with E-state index in [-0.39, 0.29) is 28.0 Å². The van der Waals surface area contributed by atoms with Gasteiger partial charge in [-0.15, -0.1) is 13.2 Å². The molecule has 4 aromatic rings. The lowest BCUT2D eigenvalue weighted by molar-refractivity contribution is -0.274. The highest BCUT2D eigenvalue weighted by Gasteiger charge is 2.31. The number of pyridine rings is 1. The number of sulfonamides is 1. The van der Waals surface area contributed by atoms with Crippen LogP contribution in [0.5, 0.6) is 5.75 Å². The van der Waals surface area contributed by atoms with Gasteiger partial charge in [-0.05, 0) is 36.4 Å². The van der Waals surface area contributed by atoms with Gasteiger partial charge in [0.1, 0.15) is 23.3 Å². The number of nitrogens with zero attached hydrogens (tertiary/aromatic N) is 3. The summed E-state index contributed by atoms with van der Waals surface area (Å²) in [6.45, 7) is 0. The Balaban J connectivity index is 1.62. The van der Waals surface area contributed by atoms with Crippen molar-refractivity contribution in [2.75, 3.05) is 10.5 Å². The molecule has 0 aliphatic heterocycles. The summed E-state index contributed by atoms with van der Waals surface area (Å²) in [6, 6.07) is 11.3. The zero-order valence-corrected chi connectivity index (χ0v) is 17.3. The molecule has 9 nitrogen and oxygen atoms in total. The van der Waals surface area contributed by atoms with Gasteiger partial charge in [-0.1, -0.05) is 6.07 Å². The van der Waals surface area contributed by atoms with Crippen molar-refractivity contribution in [3.63, 3.8) is 0 Å². The van der Waals surface area contributed by atoms with E-state index in [4.69, 9.17) is 5.73 Å². The van der Waals surface area contributed by atoms with E-state index in [1.54, 1.807) is 16.7 Å². The Bertz CT molecular complexity index is 1500. The maximum absolute atomic E-state index is 12.6. The molecule has 33 heavy (non-hydrogen) atoms. The lowest BCUT2D eigenvalue weighted by Crippen LogP contribution is -2.18. The molecular formula is C20H14F3N5O4S. The SMILES string of the molecule is Nc1ncnc2c1c(=O)ccn2-c1ccc(NS(=O)(=O)c2cccc(OC(F)(F)F)c2)cc1. The average Bonchev–Trinajstić information content (AvgIpc) is 2.74. The van der Waals surface area contributed by atoms with E-state index in [1.807, 2.05) is 0 Å². The quantitative estimate of drug-likeness (QED) is 0.452. The second-order valence-electron chi connectivity index (χ2n) is 6.68. The van der Waals surface area contributed by atoms with Gasteiger partial charge in [0.15, 0.2) is 11.1 Å².